The van der Waals surface area contributed by atoms with Crippen LogP contribution in [0.5, 0.6) is 0 Å². The summed E-state index contributed by atoms with van der Waals surface area (Å²) in [7, 11) is 0. The summed E-state index contributed by atoms with van der Waals surface area (Å²) in [5.74, 6) is -0.298. The zero-order chi connectivity index (χ0) is 16.4. The number of carbonyl (C=O) groups excluding carboxylic acids is 1. The predicted octanol–water partition coefficient (Wildman–Crippen LogP) is 5.47. The summed E-state index contributed by atoms with van der Waals surface area (Å²) in [4.78, 5) is 12.8. The number of rotatable bonds is 3. The lowest BCUT2D eigenvalue weighted by molar-refractivity contribution is 0.0959. The van der Waals surface area contributed by atoms with Gasteiger partial charge in [0, 0.05) is 14.6 Å². The predicted molar refractivity (Wildman–Crippen MR) is 101 cm³/mol. The summed E-state index contributed by atoms with van der Waals surface area (Å²) in [5, 5.41) is 5.52. The zero-order valence-corrected chi connectivity index (χ0v) is 15.3. The minimum absolute atomic E-state index is 0.298. The van der Waals surface area contributed by atoms with Gasteiger partial charge in [0.15, 0.2) is 0 Å². The maximum absolute atomic E-state index is 12.3. The van der Waals surface area contributed by atoms with E-state index in [2.05, 4.69) is 26.5 Å². The lowest BCUT2D eigenvalue weighted by atomic mass is 10.1. The third kappa shape index (κ3) is 3.47. The normalized spacial score (nSPS) is 11.7. The van der Waals surface area contributed by atoms with Gasteiger partial charge in [0.25, 0.3) is 5.91 Å². The quantitative estimate of drug-likeness (QED) is 0.454. The van der Waals surface area contributed by atoms with Crippen LogP contribution in [0, 0.1) is 0 Å². The van der Waals surface area contributed by atoms with Gasteiger partial charge in [0.2, 0.25) is 0 Å². The molecule has 0 unspecified atom stereocenters. The van der Waals surface area contributed by atoms with Gasteiger partial charge in [0.05, 0.1) is 10.7 Å². The Morgan fingerprint density at radius 3 is 2.57 bits per heavy atom. The molecule has 1 aromatic heterocycles. The highest BCUT2D eigenvalue weighted by molar-refractivity contribution is 9.10. The molecule has 0 radical (unpaired) electrons. The van der Waals surface area contributed by atoms with Crippen LogP contribution in [0.2, 0.25) is 5.02 Å². The summed E-state index contributed by atoms with van der Waals surface area (Å²) < 4.78 is 1.98. The minimum Gasteiger partial charge on any atom is -0.266 e. The molecule has 0 aliphatic carbocycles. The monoisotopic (exact) mass is 406 g/mol. The molecule has 0 atom stereocenters. The fourth-order valence-electron chi connectivity index (χ4n) is 2.10. The number of fused-ring (bicyclic) bond motifs is 1. The highest BCUT2D eigenvalue weighted by Gasteiger charge is 2.16. The van der Waals surface area contributed by atoms with Gasteiger partial charge < -0.3 is 0 Å². The van der Waals surface area contributed by atoms with E-state index in [4.69, 9.17) is 11.6 Å². The van der Waals surface area contributed by atoms with Crippen LogP contribution in [-0.4, -0.2) is 11.6 Å². The molecule has 0 bridgehead atoms. The zero-order valence-electron chi connectivity index (χ0n) is 12.1. The van der Waals surface area contributed by atoms with Gasteiger partial charge in [0.1, 0.15) is 4.88 Å². The number of hydrogen-bond donors (Lipinski definition) is 1. The van der Waals surface area contributed by atoms with Crippen molar-refractivity contribution < 1.29 is 4.79 Å². The van der Waals surface area contributed by atoms with E-state index >= 15 is 0 Å². The van der Waals surface area contributed by atoms with E-state index in [0.29, 0.717) is 9.90 Å². The number of benzene rings is 2. The Balaban J connectivity index is 1.81. The first-order valence-electron chi connectivity index (χ1n) is 6.84. The number of thiophene rings is 1. The van der Waals surface area contributed by atoms with Crippen molar-refractivity contribution >= 4 is 60.6 Å². The Bertz CT molecular complexity index is 903. The van der Waals surface area contributed by atoms with Crippen LogP contribution in [0.25, 0.3) is 10.1 Å². The SMILES string of the molecule is C/C(=N/NC(=O)c1sc2ccccc2c1Cl)c1ccc(Br)cc1. The highest BCUT2D eigenvalue weighted by atomic mass is 79.9. The van der Waals surface area contributed by atoms with E-state index in [1.807, 2.05) is 55.5 Å². The van der Waals surface area contributed by atoms with Crippen molar-refractivity contribution in [1.82, 2.24) is 5.43 Å². The number of amides is 1. The van der Waals surface area contributed by atoms with Crippen LogP contribution in [-0.2, 0) is 0 Å². The van der Waals surface area contributed by atoms with E-state index in [1.54, 1.807) is 0 Å². The number of nitrogens with zero attached hydrogens (tertiary/aromatic N) is 1. The second-order valence-electron chi connectivity index (χ2n) is 4.89. The van der Waals surface area contributed by atoms with E-state index in [9.17, 15) is 4.79 Å². The van der Waals surface area contributed by atoms with Gasteiger partial charge in [-0.2, -0.15) is 5.10 Å². The highest BCUT2D eigenvalue weighted by Crippen LogP contribution is 2.34. The molecule has 1 N–H and O–H groups in total. The summed E-state index contributed by atoms with van der Waals surface area (Å²) in [6, 6.07) is 15.4. The standard InChI is InChI=1S/C17H12BrClN2OS/c1-10(11-6-8-12(18)9-7-11)20-21-17(22)16-15(19)13-4-2-3-5-14(13)23-16/h2-9H,1H3,(H,21,22)/b20-10-. The van der Waals surface area contributed by atoms with Crippen LogP contribution in [0.4, 0.5) is 0 Å². The second-order valence-corrected chi connectivity index (χ2v) is 7.23. The van der Waals surface area contributed by atoms with Crippen LogP contribution < -0.4 is 5.43 Å². The molecule has 0 aliphatic heterocycles. The Labute approximate surface area is 151 Å². The van der Waals surface area contributed by atoms with Gasteiger partial charge >= 0.3 is 0 Å². The number of hydrazone groups is 1. The molecule has 0 fully saturated rings. The maximum Gasteiger partial charge on any atom is 0.283 e. The minimum atomic E-state index is -0.298. The molecule has 116 valence electrons. The average Bonchev–Trinajstić information content (AvgIpc) is 2.90. The molecule has 1 heterocycles. The van der Waals surface area contributed by atoms with E-state index in [0.717, 1.165) is 25.8 Å². The van der Waals surface area contributed by atoms with Crippen molar-refractivity contribution in [2.75, 3.05) is 0 Å². The summed E-state index contributed by atoms with van der Waals surface area (Å²) in [5.41, 5.74) is 4.24. The largest absolute Gasteiger partial charge is 0.283 e. The molecular formula is C17H12BrClN2OS. The number of hydrogen-bond acceptors (Lipinski definition) is 3. The molecule has 2 aromatic carbocycles. The van der Waals surface area contributed by atoms with Gasteiger partial charge in [-0.25, -0.2) is 5.43 Å². The molecule has 3 aromatic rings. The van der Waals surface area contributed by atoms with Crippen LogP contribution in [0.15, 0.2) is 58.1 Å². The molecule has 0 saturated carbocycles. The summed E-state index contributed by atoms with van der Waals surface area (Å²) >= 11 is 11.0. The number of nitrogens with one attached hydrogen (secondary N) is 1. The first-order chi connectivity index (χ1) is 11.1. The molecule has 0 spiro atoms. The molecule has 0 aliphatic rings. The van der Waals surface area contributed by atoms with Crippen molar-refractivity contribution in [3.63, 3.8) is 0 Å². The second kappa shape index (κ2) is 6.83. The molecule has 0 saturated heterocycles. The lowest BCUT2D eigenvalue weighted by Crippen LogP contribution is -2.18. The Hall–Kier alpha value is -1.69. The van der Waals surface area contributed by atoms with E-state index in [1.165, 1.54) is 11.3 Å². The fraction of sp³-hybridized carbons (Fsp3) is 0.0588. The summed E-state index contributed by atoms with van der Waals surface area (Å²) in [6.45, 7) is 1.84. The van der Waals surface area contributed by atoms with Crippen molar-refractivity contribution in [3.05, 3.63) is 68.5 Å². The molecule has 6 heteroatoms. The van der Waals surface area contributed by atoms with E-state index in [-0.39, 0.29) is 5.91 Å². The molecule has 3 nitrogen and oxygen atoms in total. The van der Waals surface area contributed by atoms with Crippen molar-refractivity contribution in [2.24, 2.45) is 5.10 Å². The maximum atomic E-state index is 12.3. The number of carbonyl (C=O) groups is 1. The van der Waals surface area contributed by atoms with Crippen LogP contribution >= 0.6 is 38.9 Å². The fourth-order valence-corrected chi connectivity index (χ4v) is 3.77. The third-order valence-electron chi connectivity index (χ3n) is 3.33. The van der Waals surface area contributed by atoms with Gasteiger partial charge in [-0.05, 0) is 30.7 Å². The number of halogens is 2. The molecule has 23 heavy (non-hydrogen) atoms. The van der Waals surface area contributed by atoms with Crippen molar-refractivity contribution in [2.45, 2.75) is 6.92 Å². The van der Waals surface area contributed by atoms with E-state index < -0.39 is 0 Å². The average molecular weight is 408 g/mol. The Morgan fingerprint density at radius 1 is 1.17 bits per heavy atom. The Morgan fingerprint density at radius 2 is 1.87 bits per heavy atom. The third-order valence-corrected chi connectivity index (χ3v) is 5.53. The van der Waals surface area contributed by atoms with Crippen LogP contribution in [0.3, 0.4) is 0 Å². The molecule has 1 amide bonds. The topological polar surface area (TPSA) is 41.5 Å². The first kappa shape index (κ1) is 16.2. The van der Waals surface area contributed by atoms with Gasteiger partial charge in [-0.1, -0.05) is 57.9 Å². The molecular weight excluding hydrogens is 396 g/mol. The Kier molecular flexibility index (Phi) is 4.80. The smallest absolute Gasteiger partial charge is 0.266 e. The van der Waals surface area contributed by atoms with Crippen LogP contribution in [0.1, 0.15) is 22.2 Å². The molecule has 3 rings (SSSR count). The summed E-state index contributed by atoms with van der Waals surface area (Å²) in [6.07, 6.45) is 0. The lowest BCUT2D eigenvalue weighted by Gasteiger charge is -2.02. The van der Waals surface area contributed by atoms with Crippen molar-refractivity contribution in [1.29, 1.82) is 0 Å². The van der Waals surface area contributed by atoms with Gasteiger partial charge in [-0.3, -0.25) is 4.79 Å². The first-order valence-corrected chi connectivity index (χ1v) is 8.82. The van der Waals surface area contributed by atoms with Crippen molar-refractivity contribution in [3.8, 4) is 0 Å². The van der Waals surface area contributed by atoms with Gasteiger partial charge in [-0.15, -0.1) is 11.3 Å².